The molecule has 2 aromatic carbocycles. The van der Waals surface area contributed by atoms with Gasteiger partial charge in [-0.3, -0.25) is 0 Å². The lowest BCUT2D eigenvalue weighted by atomic mass is 10.2. The number of carbonyl (C=O) groups is 1. The second-order valence-electron chi connectivity index (χ2n) is 4.42. The van der Waals surface area contributed by atoms with E-state index in [9.17, 15) is 4.79 Å². The van der Waals surface area contributed by atoms with Crippen LogP contribution in [0.25, 0.3) is 0 Å². The number of nitrogens with zero attached hydrogens (tertiary/aromatic N) is 1. The number of anilines is 1. The third-order valence-electron chi connectivity index (χ3n) is 3.11. The number of benzene rings is 2. The first-order valence-electron chi connectivity index (χ1n) is 6.83. The maximum Gasteiger partial charge on any atom is 0.338 e. The van der Waals surface area contributed by atoms with Gasteiger partial charge in [0.15, 0.2) is 0 Å². The van der Waals surface area contributed by atoms with Crippen molar-refractivity contribution in [2.45, 2.75) is 6.92 Å². The molecule has 20 heavy (non-hydrogen) atoms. The summed E-state index contributed by atoms with van der Waals surface area (Å²) in [6.07, 6.45) is 0. The predicted octanol–water partition coefficient (Wildman–Crippen LogP) is 3.37. The molecule has 2 aromatic rings. The third-order valence-corrected chi connectivity index (χ3v) is 3.11. The van der Waals surface area contributed by atoms with Crippen LogP contribution < -0.4 is 4.90 Å². The lowest BCUT2D eigenvalue weighted by molar-refractivity contribution is 0.0515. The first-order chi connectivity index (χ1) is 9.81. The van der Waals surface area contributed by atoms with Gasteiger partial charge in [0.1, 0.15) is 6.61 Å². The number of hydrogen-bond acceptors (Lipinski definition) is 3. The van der Waals surface area contributed by atoms with Gasteiger partial charge in [0.25, 0.3) is 0 Å². The molecule has 0 unspecified atom stereocenters. The van der Waals surface area contributed by atoms with Gasteiger partial charge < -0.3 is 9.64 Å². The molecule has 0 saturated heterocycles. The van der Waals surface area contributed by atoms with E-state index >= 15 is 0 Å². The van der Waals surface area contributed by atoms with Crippen molar-refractivity contribution >= 4 is 11.7 Å². The zero-order chi connectivity index (χ0) is 14.2. The van der Waals surface area contributed by atoms with Gasteiger partial charge in [-0.25, -0.2) is 4.79 Å². The van der Waals surface area contributed by atoms with E-state index in [0.717, 1.165) is 12.2 Å². The molecule has 0 radical (unpaired) electrons. The van der Waals surface area contributed by atoms with Crippen molar-refractivity contribution in [1.29, 1.82) is 0 Å². The van der Waals surface area contributed by atoms with Crippen LogP contribution in [0.3, 0.4) is 0 Å². The molecule has 3 nitrogen and oxygen atoms in total. The molecule has 104 valence electrons. The van der Waals surface area contributed by atoms with Gasteiger partial charge in [-0.05, 0) is 31.2 Å². The van der Waals surface area contributed by atoms with Gasteiger partial charge in [0.05, 0.1) is 12.1 Å². The van der Waals surface area contributed by atoms with Crippen LogP contribution in [0, 0.1) is 0 Å². The molecule has 0 aliphatic heterocycles. The summed E-state index contributed by atoms with van der Waals surface area (Å²) < 4.78 is 5.30. The van der Waals surface area contributed by atoms with Gasteiger partial charge >= 0.3 is 5.97 Å². The van der Waals surface area contributed by atoms with Crippen molar-refractivity contribution < 1.29 is 9.53 Å². The first kappa shape index (κ1) is 14.1. The lowest BCUT2D eigenvalue weighted by Crippen LogP contribution is -2.27. The van der Waals surface area contributed by atoms with Gasteiger partial charge in [-0.15, -0.1) is 0 Å². The molecule has 0 atom stereocenters. The normalized spacial score (nSPS) is 10.1. The third kappa shape index (κ3) is 3.85. The molecule has 3 heteroatoms. The van der Waals surface area contributed by atoms with Gasteiger partial charge in [0.2, 0.25) is 0 Å². The number of hydrogen-bond donors (Lipinski definition) is 0. The van der Waals surface area contributed by atoms with E-state index in [1.165, 1.54) is 0 Å². The Morgan fingerprint density at radius 2 is 1.60 bits per heavy atom. The largest absolute Gasteiger partial charge is 0.460 e. The zero-order valence-electron chi connectivity index (χ0n) is 11.7. The molecule has 0 bridgehead atoms. The average Bonchev–Trinajstić information content (AvgIpc) is 2.53. The minimum absolute atomic E-state index is 0.269. The highest BCUT2D eigenvalue weighted by Crippen LogP contribution is 2.12. The minimum Gasteiger partial charge on any atom is -0.460 e. The predicted molar refractivity (Wildman–Crippen MR) is 81.1 cm³/mol. The molecule has 0 aromatic heterocycles. The van der Waals surface area contributed by atoms with Crippen molar-refractivity contribution in [3.05, 3.63) is 66.2 Å². The second-order valence-corrected chi connectivity index (χ2v) is 4.42. The Morgan fingerprint density at radius 3 is 2.20 bits per heavy atom. The van der Waals surface area contributed by atoms with Crippen LogP contribution in [0.4, 0.5) is 5.69 Å². The number of esters is 1. The number of likely N-dealkylation sites (N-methyl/N-ethyl adjacent to an activating group) is 1. The Hall–Kier alpha value is -2.29. The summed E-state index contributed by atoms with van der Waals surface area (Å²) in [7, 11) is 0. The molecule has 0 heterocycles. The molecular weight excluding hydrogens is 250 g/mol. The Kier molecular flexibility index (Phi) is 5.18. The van der Waals surface area contributed by atoms with Gasteiger partial charge in [-0.1, -0.05) is 36.4 Å². The maximum atomic E-state index is 11.8. The summed E-state index contributed by atoms with van der Waals surface area (Å²) in [4.78, 5) is 14.0. The number of ether oxygens (including phenoxy) is 1. The first-order valence-corrected chi connectivity index (χ1v) is 6.83. The molecule has 0 aliphatic rings. The highest BCUT2D eigenvalue weighted by atomic mass is 16.5. The minimum atomic E-state index is -0.269. The summed E-state index contributed by atoms with van der Waals surface area (Å²) in [6.45, 7) is 4.05. The fraction of sp³-hybridized carbons (Fsp3) is 0.235. The molecule has 0 N–H and O–H groups in total. The molecule has 2 rings (SSSR count). The van der Waals surface area contributed by atoms with Gasteiger partial charge in [0, 0.05) is 12.2 Å². The molecule has 0 amide bonds. The van der Waals surface area contributed by atoms with E-state index in [2.05, 4.69) is 24.0 Å². The average molecular weight is 269 g/mol. The van der Waals surface area contributed by atoms with Crippen LogP contribution in [0.1, 0.15) is 17.3 Å². The lowest BCUT2D eigenvalue weighted by Gasteiger charge is -2.22. The Morgan fingerprint density at radius 1 is 1.00 bits per heavy atom. The zero-order valence-corrected chi connectivity index (χ0v) is 11.7. The fourth-order valence-corrected chi connectivity index (χ4v) is 2.01. The van der Waals surface area contributed by atoms with Crippen molar-refractivity contribution in [3.63, 3.8) is 0 Å². The van der Waals surface area contributed by atoms with E-state index in [-0.39, 0.29) is 5.97 Å². The van der Waals surface area contributed by atoms with E-state index in [1.807, 2.05) is 36.4 Å². The van der Waals surface area contributed by atoms with E-state index in [4.69, 9.17) is 4.74 Å². The summed E-state index contributed by atoms with van der Waals surface area (Å²) in [5.74, 6) is -0.269. The quantitative estimate of drug-likeness (QED) is 0.753. The van der Waals surface area contributed by atoms with E-state index in [0.29, 0.717) is 18.7 Å². The molecule has 0 aliphatic carbocycles. The molecule has 0 saturated carbocycles. The number of rotatable bonds is 6. The van der Waals surface area contributed by atoms with Crippen LogP contribution in [0.5, 0.6) is 0 Å². The number of carbonyl (C=O) groups excluding carboxylic acids is 1. The molecule has 0 fully saturated rings. The second kappa shape index (κ2) is 7.34. The molecular formula is C17H19NO2. The maximum absolute atomic E-state index is 11.8. The van der Waals surface area contributed by atoms with Gasteiger partial charge in [-0.2, -0.15) is 0 Å². The van der Waals surface area contributed by atoms with Crippen LogP contribution >= 0.6 is 0 Å². The van der Waals surface area contributed by atoms with Crippen LogP contribution in [0.15, 0.2) is 60.7 Å². The Balaban J connectivity index is 1.84. The van der Waals surface area contributed by atoms with E-state index < -0.39 is 0 Å². The SMILES string of the molecule is CCN(CCOC(=O)c1ccccc1)c1ccccc1. The van der Waals surface area contributed by atoms with Crippen LogP contribution in [0.2, 0.25) is 0 Å². The summed E-state index contributed by atoms with van der Waals surface area (Å²) in [6, 6.07) is 19.2. The van der Waals surface area contributed by atoms with Crippen molar-refractivity contribution in [3.8, 4) is 0 Å². The monoisotopic (exact) mass is 269 g/mol. The number of para-hydroxylation sites is 1. The fourth-order valence-electron chi connectivity index (χ4n) is 2.01. The van der Waals surface area contributed by atoms with E-state index in [1.54, 1.807) is 12.1 Å². The standard InChI is InChI=1S/C17H19NO2/c1-2-18(16-11-7-4-8-12-16)13-14-20-17(19)15-9-5-3-6-10-15/h3-12H,2,13-14H2,1H3. The van der Waals surface area contributed by atoms with Crippen molar-refractivity contribution in [2.24, 2.45) is 0 Å². The van der Waals surface area contributed by atoms with Crippen LogP contribution in [-0.2, 0) is 4.74 Å². The summed E-state index contributed by atoms with van der Waals surface area (Å²) in [5.41, 5.74) is 1.74. The summed E-state index contributed by atoms with van der Waals surface area (Å²) in [5, 5.41) is 0. The topological polar surface area (TPSA) is 29.5 Å². The smallest absolute Gasteiger partial charge is 0.338 e. The van der Waals surface area contributed by atoms with Crippen molar-refractivity contribution in [2.75, 3.05) is 24.6 Å². The molecule has 0 spiro atoms. The Labute approximate surface area is 119 Å². The van der Waals surface area contributed by atoms with Crippen molar-refractivity contribution in [1.82, 2.24) is 0 Å². The van der Waals surface area contributed by atoms with Crippen LogP contribution in [-0.4, -0.2) is 25.7 Å². The Bertz CT molecular complexity index is 525. The highest BCUT2D eigenvalue weighted by molar-refractivity contribution is 5.89. The summed E-state index contributed by atoms with van der Waals surface area (Å²) >= 11 is 0. The highest BCUT2D eigenvalue weighted by Gasteiger charge is 2.08.